The predicted octanol–water partition coefficient (Wildman–Crippen LogP) is 1.98. The quantitative estimate of drug-likeness (QED) is 0.738. The second-order valence-corrected chi connectivity index (χ2v) is 9.19. The molecular formula is C20H26N4O4S. The zero-order chi connectivity index (χ0) is 20.9. The molecule has 2 aromatic rings. The van der Waals surface area contributed by atoms with E-state index in [1.165, 1.54) is 22.8 Å². The van der Waals surface area contributed by atoms with Gasteiger partial charge < -0.3 is 10.1 Å². The fourth-order valence-corrected chi connectivity index (χ4v) is 4.60. The van der Waals surface area contributed by atoms with Gasteiger partial charge in [0.25, 0.3) is 0 Å². The van der Waals surface area contributed by atoms with E-state index in [-0.39, 0.29) is 22.8 Å². The highest BCUT2D eigenvalue weighted by Gasteiger charge is 2.32. The molecule has 0 atom stereocenters. The molecule has 1 aliphatic rings. The number of pyridine rings is 2. The minimum absolute atomic E-state index is 0.0564. The molecule has 3 rings (SSSR count). The Balaban J connectivity index is 1.49. The average molecular weight is 419 g/mol. The van der Waals surface area contributed by atoms with Gasteiger partial charge >= 0.3 is 0 Å². The van der Waals surface area contributed by atoms with Crippen molar-refractivity contribution < 1.29 is 17.9 Å². The Hall–Kier alpha value is -2.52. The van der Waals surface area contributed by atoms with Crippen molar-refractivity contribution in [2.45, 2.75) is 44.2 Å². The van der Waals surface area contributed by atoms with Crippen LogP contribution < -0.4 is 10.1 Å². The van der Waals surface area contributed by atoms with E-state index in [1.54, 1.807) is 18.3 Å². The molecule has 0 unspecified atom stereocenters. The molecule has 29 heavy (non-hydrogen) atoms. The Morgan fingerprint density at radius 1 is 1.24 bits per heavy atom. The fourth-order valence-electron chi connectivity index (χ4n) is 3.17. The second-order valence-electron chi connectivity index (χ2n) is 7.26. The highest BCUT2D eigenvalue weighted by Crippen LogP contribution is 2.23. The number of ether oxygens (including phenoxy) is 1. The lowest BCUT2D eigenvalue weighted by molar-refractivity contribution is -0.126. The third-order valence-electron chi connectivity index (χ3n) is 4.72. The summed E-state index contributed by atoms with van der Waals surface area (Å²) >= 11 is 0. The van der Waals surface area contributed by atoms with Crippen LogP contribution >= 0.6 is 0 Å². The maximum Gasteiger partial charge on any atom is 0.244 e. The molecule has 0 saturated carbocycles. The number of rotatable bonds is 7. The van der Waals surface area contributed by atoms with Crippen LogP contribution in [0.2, 0.25) is 0 Å². The molecule has 0 aromatic carbocycles. The van der Waals surface area contributed by atoms with Gasteiger partial charge in [0.05, 0.1) is 6.10 Å². The van der Waals surface area contributed by atoms with E-state index >= 15 is 0 Å². The zero-order valence-corrected chi connectivity index (χ0v) is 17.4. The molecule has 0 bridgehead atoms. The van der Waals surface area contributed by atoms with Crippen molar-refractivity contribution in [2.24, 2.45) is 5.92 Å². The van der Waals surface area contributed by atoms with Crippen LogP contribution in [0.3, 0.4) is 0 Å². The van der Waals surface area contributed by atoms with Gasteiger partial charge in [-0.3, -0.25) is 9.78 Å². The first kappa shape index (κ1) is 21.2. The van der Waals surface area contributed by atoms with Crippen molar-refractivity contribution in [3.05, 3.63) is 48.4 Å². The fraction of sp³-hybridized carbons (Fsp3) is 0.450. The van der Waals surface area contributed by atoms with Crippen LogP contribution in [0.5, 0.6) is 5.88 Å². The number of amides is 1. The van der Waals surface area contributed by atoms with Crippen LogP contribution in [0, 0.1) is 5.92 Å². The summed E-state index contributed by atoms with van der Waals surface area (Å²) in [5, 5.41) is 2.92. The first-order chi connectivity index (χ1) is 13.9. The molecule has 8 nitrogen and oxygen atoms in total. The van der Waals surface area contributed by atoms with Crippen molar-refractivity contribution in [1.82, 2.24) is 19.6 Å². The summed E-state index contributed by atoms with van der Waals surface area (Å²) in [7, 11) is -3.56. The summed E-state index contributed by atoms with van der Waals surface area (Å²) < 4.78 is 32.2. The summed E-state index contributed by atoms with van der Waals surface area (Å²) in [6.07, 6.45) is 5.60. The van der Waals surface area contributed by atoms with Crippen LogP contribution in [0.4, 0.5) is 0 Å². The van der Waals surface area contributed by atoms with Gasteiger partial charge in [-0.05, 0) is 44.4 Å². The number of nitrogens with zero attached hydrogens (tertiary/aromatic N) is 3. The SMILES string of the molecule is CC(C)Oc1ccc(CNC(=O)C2CCN(S(=O)(=O)c3cccnc3)CC2)cn1. The minimum atomic E-state index is -3.56. The predicted molar refractivity (Wildman–Crippen MR) is 108 cm³/mol. The Kier molecular flexibility index (Phi) is 6.81. The Morgan fingerprint density at radius 2 is 2.00 bits per heavy atom. The van der Waals surface area contributed by atoms with Crippen LogP contribution in [-0.2, 0) is 21.4 Å². The molecule has 0 aliphatic carbocycles. The standard InChI is InChI=1S/C20H26N4O4S/c1-15(2)28-19-6-5-16(12-22-19)13-23-20(25)17-7-10-24(11-8-17)29(26,27)18-4-3-9-21-14-18/h3-6,9,12,14-15,17H,7-8,10-11,13H2,1-2H3,(H,23,25). The van der Waals surface area contributed by atoms with E-state index in [1.807, 2.05) is 19.9 Å². The largest absolute Gasteiger partial charge is 0.475 e. The third-order valence-corrected chi connectivity index (χ3v) is 6.60. The minimum Gasteiger partial charge on any atom is -0.475 e. The van der Waals surface area contributed by atoms with Gasteiger partial charge in [0.2, 0.25) is 21.8 Å². The lowest BCUT2D eigenvalue weighted by atomic mass is 9.97. The average Bonchev–Trinajstić information content (AvgIpc) is 2.73. The molecule has 1 aliphatic heterocycles. The van der Waals surface area contributed by atoms with Crippen LogP contribution in [0.25, 0.3) is 0 Å². The van der Waals surface area contributed by atoms with Gasteiger partial charge in [-0.2, -0.15) is 4.31 Å². The van der Waals surface area contributed by atoms with Gasteiger partial charge in [0, 0.05) is 50.2 Å². The topological polar surface area (TPSA) is 101 Å². The zero-order valence-electron chi connectivity index (χ0n) is 16.6. The van der Waals surface area contributed by atoms with Gasteiger partial charge in [-0.15, -0.1) is 0 Å². The van der Waals surface area contributed by atoms with Crippen molar-refractivity contribution in [3.8, 4) is 5.88 Å². The van der Waals surface area contributed by atoms with Gasteiger partial charge in [-0.25, -0.2) is 13.4 Å². The highest BCUT2D eigenvalue weighted by molar-refractivity contribution is 7.89. The second kappa shape index (κ2) is 9.32. The van der Waals surface area contributed by atoms with E-state index in [9.17, 15) is 13.2 Å². The molecule has 0 spiro atoms. The molecule has 0 radical (unpaired) electrons. The number of aromatic nitrogens is 2. The number of sulfonamides is 1. The Morgan fingerprint density at radius 3 is 2.59 bits per heavy atom. The summed E-state index contributed by atoms with van der Waals surface area (Å²) in [5.74, 6) is 0.287. The van der Waals surface area contributed by atoms with E-state index in [2.05, 4.69) is 15.3 Å². The normalized spacial score (nSPS) is 16.0. The number of nitrogens with one attached hydrogen (secondary N) is 1. The lowest BCUT2D eigenvalue weighted by Crippen LogP contribution is -2.42. The van der Waals surface area contributed by atoms with E-state index in [0.29, 0.717) is 38.4 Å². The van der Waals surface area contributed by atoms with Crippen molar-refractivity contribution in [3.63, 3.8) is 0 Å². The maximum atomic E-state index is 12.6. The molecule has 1 amide bonds. The summed E-state index contributed by atoms with van der Waals surface area (Å²) in [6.45, 7) is 4.88. The molecular weight excluding hydrogens is 392 g/mol. The number of piperidine rings is 1. The molecule has 9 heteroatoms. The third kappa shape index (κ3) is 5.51. The summed E-state index contributed by atoms with van der Waals surface area (Å²) in [5.41, 5.74) is 0.881. The summed E-state index contributed by atoms with van der Waals surface area (Å²) in [6, 6.07) is 6.79. The number of carbonyl (C=O) groups excluding carboxylic acids is 1. The van der Waals surface area contributed by atoms with Crippen molar-refractivity contribution in [1.29, 1.82) is 0 Å². The van der Waals surface area contributed by atoms with Gasteiger partial charge in [-0.1, -0.05) is 6.07 Å². The Bertz CT molecular complexity index is 909. The van der Waals surface area contributed by atoms with E-state index < -0.39 is 10.0 Å². The van der Waals surface area contributed by atoms with E-state index in [4.69, 9.17) is 4.74 Å². The van der Waals surface area contributed by atoms with Gasteiger partial charge in [0.1, 0.15) is 4.90 Å². The van der Waals surface area contributed by atoms with Crippen molar-refractivity contribution in [2.75, 3.05) is 13.1 Å². The first-order valence-electron chi connectivity index (χ1n) is 9.65. The smallest absolute Gasteiger partial charge is 0.244 e. The maximum absolute atomic E-state index is 12.6. The first-order valence-corrected chi connectivity index (χ1v) is 11.1. The van der Waals surface area contributed by atoms with Gasteiger partial charge in [0.15, 0.2) is 0 Å². The summed E-state index contributed by atoms with van der Waals surface area (Å²) in [4.78, 5) is 20.8. The molecule has 1 N–H and O–H groups in total. The molecule has 1 fully saturated rings. The van der Waals surface area contributed by atoms with Crippen LogP contribution in [0.15, 0.2) is 47.8 Å². The molecule has 156 valence electrons. The number of hydrogen-bond donors (Lipinski definition) is 1. The Labute approximate surface area is 171 Å². The molecule has 3 heterocycles. The van der Waals surface area contributed by atoms with Crippen LogP contribution in [0.1, 0.15) is 32.3 Å². The molecule has 1 saturated heterocycles. The van der Waals surface area contributed by atoms with Crippen molar-refractivity contribution >= 4 is 15.9 Å². The number of carbonyl (C=O) groups is 1. The van der Waals surface area contributed by atoms with E-state index in [0.717, 1.165) is 5.56 Å². The highest BCUT2D eigenvalue weighted by atomic mass is 32.2. The monoisotopic (exact) mass is 418 g/mol. The lowest BCUT2D eigenvalue weighted by Gasteiger charge is -2.30. The molecule has 2 aromatic heterocycles. The number of hydrogen-bond acceptors (Lipinski definition) is 6. The van der Waals surface area contributed by atoms with Crippen LogP contribution in [-0.4, -0.2) is 47.8 Å².